The standard InChI is InChI=1S/C17H25N3O2.BrH/c1-20(2)13-7-12-19-16(22)17(10-6-11-18-15(17)21)14-8-4-3-5-9-14;/h3-5,8-9H,6-7,10-13H2,1-2H3,(H,18,21)(H,19,22);1H. The summed E-state index contributed by atoms with van der Waals surface area (Å²) in [6.07, 6.45) is 2.24. The van der Waals surface area contributed by atoms with Crippen LogP contribution in [-0.2, 0) is 15.0 Å². The molecule has 1 aliphatic rings. The molecule has 1 atom stereocenters. The number of nitrogens with one attached hydrogen (secondary N) is 2. The van der Waals surface area contributed by atoms with E-state index in [0.717, 1.165) is 24.9 Å². The summed E-state index contributed by atoms with van der Waals surface area (Å²) in [4.78, 5) is 27.4. The zero-order valence-corrected chi connectivity index (χ0v) is 15.5. The van der Waals surface area contributed by atoms with Gasteiger partial charge in [-0.2, -0.15) is 0 Å². The second-order valence-electron chi connectivity index (χ2n) is 6.04. The molecule has 128 valence electrons. The van der Waals surface area contributed by atoms with Crippen molar-refractivity contribution < 1.29 is 9.59 Å². The quantitative estimate of drug-likeness (QED) is 0.577. The summed E-state index contributed by atoms with van der Waals surface area (Å²) in [5.41, 5.74) is -0.310. The van der Waals surface area contributed by atoms with E-state index < -0.39 is 5.41 Å². The van der Waals surface area contributed by atoms with Gasteiger partial charge in [0.05, 0.1) is 0 Å². The number of hydrogen-bond donors (Lipinski definition) is 2. The average molecular weight is 384 g/mol. The third kappa shape index (κ3) is 4.54. The SMILES string of the molecule is Br.CN(C)CCCNC(=O)C1(c2ccccc2)CCCNC1=O. The number of amides is 2. The van der Waals surface area contributed by atoms with Crippen molar-refractivity contribution in [3.05, 3.63) is 35.9 Å². The van der Waals surface area contributed by atoms with Gasteiger partial charge in [0, 0.05) is 13.1 Å². The van der Waals surface area contributed by atoms with E-state index in [2.05, 4.69) is 15.5 Å². The average Bonchev–Trinajstić information content (AvgIpc) is 2.52. The maximum atomic E-state index is 12.8. The molecule has 0 radical (unpaired) electrons. The molecule has 5 nitrogen and oxygen atoms in total. The van der Waals surface area contributed by atoms with Crippen molar-refractivity contribution in [3.63, 3.8) is 0 Å². The van der Waals surface area contributed by atoms with Crippen LogP contribution in [0.3, 0.4) is 0 Å². The molecule has 0 saturated carbocycles. The van der Waals surface area contributed by atoms with Gasteiger partial charge in [0.25, 0.3) is 0 Å². The highest BCUT2D eigenvalue weighted by atomic mass is 79.9. The number of benzene rings is 1. The minimum absolute atomic E-state index is 0. The number of rotatable bonds is 6. The monoisotopic (exact) mass is 383 g/mol. The molecule has 0 spiro atoms. The van der Waals surface area contributed by atoms with Crippen molar-refractivity contribution >= 4 is 28.8 Å². The van der Waals surface area contributed by atoms with Crippen molar-refractivity contribution in [3.8, 4) is 0 Å². The Balaban J connectivity index is 0.00000264. The third-order valence-corrected chi connectivity index (χ3v) is 4.12. The highest BCUT2D eigenvalue weighted by molar-refractivity contribution is 8.93. The highest BCUT2D eigenvalue weighted by Gasteiger charge is 2.48. The Kier molecular flexibility index (Phi) is 7.72. The Morgan fingerprint density at radius 1 is 1.30 bits per heavy atom. The number of piperidine rings is 1. The van der Waals surface area contributed by atoms with Crippen LogP contribution in [0, 0.1) is 0 Å². The molecule has 1 aromatic rings. The van der Waals surface area contributed by atoms with Gasteiger partial charge in [0.2, 0.25) is 11.8 Å². The molecule has 1 aromatic carbocycles. The van der Waals surface area contributed by atoms with Crippen molar-refractivity contribution in [1.82, 2.24) is 15.5 Å². The molecule has 2 N–H and O–H groups in total. The largest absolute Gasteiger partial charge is 0.355 e. The maximum Gasteiger partial charge on any atom is 0.240 e. The second-order valence-corrected chi connectivity index (χ2v) is 6.04. The molecule has 1 aliphatic heterocycles. The lowest BCUT2D eigenvalue weighted by Crippen LogP contribution is -2.57. The Labute approximate surface area is 148 Å². The van der Waals surface area contributed by atoms with Crippen LogP contribution in [0.25, 0.3) is 0 Å². The fraction of sp³-hybridized carbons (Fsp3) is 0.529. The zero-order valence-electron chi connectivity index (χ0n) is 13.8. The fourth-order valence-corrected chi connectivity index (χ4v) is 2.91. The van der Waals surface area contributed by atoms with Crippen LogP contribution in [0.5, 0.6) is 0 Å². The molecule has 1 heterocycles. The molecule has 2 amide bonds. The van der Waals surface area contributed by atoms with Crippen LogP contribution in [0.15, 0.2) is 30.3 Å². The Morgan fingerprint density at radius 3 is 2.61 bits per heavy atom. The summed E-state index contributed by atoms with van der Waals surface area (Å²) in [6, 6.07) is 9.37. The van der Waals surface area contributed by atoms with Gasteiger partial charge in [-0.15, -0.1) is 17.0 Å². The van der Waals surface area contributed by atoms with Crippen molar-refractivity contribution in [1.29, 1.82) is 0 Å². The zero-order chi connectivity index (χ0) is 16.0. The summed E-state index contributed by atoms with van der Waals surface area (Å²) in [5, 5.41) is 5.80. The first kappa shape index (κ1) is 19.6. The van der Waals surface area contributed by atoms with Crippen molar-refractivity contribution in [2.75, 3.05) is 33.7 Å². The van der Waals surface area contributed by atoms with Gasteiger partial charge >= 0.3 is 0 Å². The predicted molar refractivity (Wildman–Crippen MR) is 96.9 cm³/mol. The molecular formula is C17H26BrN3O2. The summed E-state index contributed by atoms with van der Waals surface area (Å²) in [6.45, 7) is 2.13. The Morgan fingerprint density at radius 2 is 2.00 bits per heavy atom. The Hall–Kier alpha value is -1.40. The van der Waals surface area contributed by atoms with Crippen LogP contribution in [0.4, 0.5) is 0 Å². The molecule has 6 heteroatoms. The first-order valence-electron chi connectivity index (χ1n) is 7.84. The van der Waals surface area contributed by atoms with Gasteiger partial charge in [0.15, 0.2) is 5.41 Å². The van der Waals surface area contributed by atoms with Crippen molar-refractivity contribution in [2.24, 2.45) is 0 Å². The van der Waals surface area contributed by atoms with E-state index in [-0.39, 0.29) is 28.8 Å². The molecule has 2 rings (SSSR count). The van der Waals surface area contributed by atoms with Crippen LogP contribution in [-0.4, -0.2) is 50.4 Å². The molecule has 1 saturated heterocycles. The number of hydrogen-bond acceptors (Lipinski definition) is 3. The topological polar surface area (TPSA) is 61.4 Å². The molecule has 0 aliphatic carbocycles. The lowest BCUT2D eigenvalue weighted by Gasteiger charge is -2.35. The van der Waals surface area contributed by atoms with Gasteiger partial charge in [-0.1, -0.05) is 30.3 Å². The molecule has 1 unspecified atom stereocenters. The van der Waals surface area contributed by atoms with Crippen LogP contribution in [0.2, 0.25) is 0 Å². The van der Waals surface area contributed by atoms with E-state index in [0.29, 0.717) is 19.5 Å². The normalized spacial score (nSPS) is 20.6. The van der Waals surface area contributed by atoms with Crippen molar-refractivity contribution in [2.45, 2.75) is 24.7 Å². The molecule has 0 aromatic heterocycles. The van der Waals surface area contributed by atoms with E-state index in [4.69, 9.17) is 0 Å². The lowest BCUT2D eigenvalue weighted by atomic mass is 9.73. The minimum atomic E-state index is -1.09. The molecular weight excluding hydrogens is 358 g/mol. The number of carbonyl (C=O) groups excluding carboxylic acids is 2. The summed E-state index contributed by atoms with van der Waals surface area (Å²) in [7, 11) is 4.00. The maximum absolute atomic E-state index is 12.8. The smallest absolute Gasteiger partial charge is 0.240 e. The fourth-order valence-electron chi connectivity index (χ4n) is 2.91. The molecule has 1 fully saturated rings. The van der Waals surface area contributed by atoms with E-state index in [9.17, 15) is 9.59 Å². The van der Waals surface area contributed by atoms with E-state index >= 15 is 0 Å². The predicted octanol–water partition coefficient (Wildman–Crippen LogP) is 1.48. The van der Waals surface area contributed by atoms with Gasteiger partial charge in [-0.25, -0.2) is 0 Å². The van der Waals surface area contributed by atoms with E-state index in [1.807, 2.05) is 44.4 Å². The summed E-state index contributed by atoms with van der Waals surface area (Å²) < 4.78 is 0. The van der Waals surface area contributed by atoms with Gasteiger partial charge < -0.3 is 15.5 Å². The van der Waals surface area contributed by atoms with E-state index in [1.165, 1.54) is 0 Å². The number of carbonyl (C=O) groups is 2. The van der Waals surface area contributed by atoms with Crippen LogP contribution < -0.4 is 10.6 Å². The molecule has 0 bridgehead atoms. The van der Waals surface area contributed by atoms with Gasteiger partial charge in [0.1, 0.15) is 0 Å². The lowest BCUT2D eigenvalue weighted by molar-refractivity contribution is -0.139. The first-order chi connectivity index (χ1) is 10.6. The number of nitrogens with zero attached hydrogens (tertiary/aromatic N) is 1. The summed E-state index contributed by atoms with van der Waals surface area (Å²) >= 11 is 0. The number of halogens is 1. The summed E-state index contributed by atoms with van der Waals surface area (Å²) in [5.74, 6) is -0.371. The van der Waals surface area contributed by atoms with Gasteiger partial charge in [-0.05, 0) is 45.5 Å². The minimum Gasteiger partial charge on any atom is -0.355 e. The van der Waals surface area contributed by atoms with E-state index in [1.54, 1.807) is 0 Å². The third-order valence-electron chi connectivity index (χ3n) is 4.12. The Bertz CT molecular complexity index is 522. The van der Waals surface area contributed by atoms with Crippen LogP contribution in [0.1, 0.15) is 24.8 Å². The first-order valence-corrected chi connectivity index (χ1v) is 7.84. The van der Waals surface area contributed by atoms with Crippen LogP contribution >= 0.6 is 17.0 Å². The van der Waals surface area contributed by atoms with Gasteiger partial charge in [-0.3, -0.25) is 9.59 Å². The molecule has 23 heavy (non-hydrogen) atoms. The second kappa shape index (κ2) is 9.03. The highest BCUT2D eigenvalue weighted by Crippen LogP contribution is 2.32.